The lowest BCUT2D eigenvalue weighted by Gasteiger charge is -2.08. The number of hydrogen-bond donors (Lipinski definition) is 0. The highest BCUT2D eigenvalue weighted by atomic mass is 32.2. The quantitative estimate of drug-likeness (QED) is 0.639. The second-order valence-electron chi connectivity index (χ2n) is 4.91. The lowest BCUT2D eigenvalue weighted by Crippen LogP contribution is -1.99. The summed E-state index contributed by atoms with van der Waals surface area (Å²) in [5.41, 5.74) is 4.36. The predicted octanol–water partition coefficient (Wildman–Crippen LogP) is 3.44. The molecule has 0 saturated carbocycles. The summed E-state index contributed by atoms with van der Waals surface area (Å²) in [5.74, 6) is 1.63. The molecule has 0 bridgehead atoms. The van der Waals surface area contributed by atoms with Crippen LogP contribution in [0.5, 0.6) is 0 Å². The predicted molar refractivity (Wildman–Crippen MR) is 79.5 cm³/mol. The molecule has 0 radical (unpaired) electrons. The summed E-state index contributed by atoms with van der Waals surface area (Å²) in [5, 5.41) is 10.2. The Hall–Kier alpha value is -1.86. The Morgan fingerprint density at radius 1 is 1.25 bits per heavy atom. The minimum Gasteiger partial charge on any atom is -0.238 e. The highest BCUT2D eigenvalue weighted by molar-refractivity contribution is 7.98. The Balaban J connectivity index is 1.85. The monoisotopic (exact) mass is 281 g/mol. The second kappa shape index (κ2) is 5.64. The standard InChI is InChI=1S/C16H15N3S/c1-11-18-15-8-4-7-14(15)16(19-11)20-10-13-6-3-2-5-12(13)9-17/h2-3,5-6H,4,7-8,10H2,1H3. The molecule has 100 valence electrons. The van der Waals surface area contributed by atoms with Crippen molar-refractivity contribution in [1.82, 2.24) is 9.97 Å². The molecular formula is C16H15N3S. The number of thioether (sulfide) groups is 1. The zero-order chi connectivity index (χ0) is 13.9. The minimum absolute atomic E-state index is 0.752. The van der Waals surface area contributed by atoms with Crippen LogP contribution in [0.25, 0.3) is 0 Å². The van der Waals surface area contributed by atoms with Gasteiger partial charge in [0.1, 0.15) is 10.9 Å². The summed E-state index contributed by atoms with van der Waals surface area (Å²) in [4.78, 5) is 9.11. The highest BCUT2D eigenvalue weighted by Gasteiger charge is 2.18. The van der Waals surface area contributed by atoms with Gasteiger partial charge in [-0.3, -0.25) is 0 Å². The molecule has 1 aromatic carbocycles. The third-order valence-corrected chi connectivity index (χ3v) is 4.58. The number of fused-ring (bicyclic) bond motifs is 1. The Morgan fingerprint density at radius 3 is 2.95 bits per heavy atom. The Morgan fingerprint density at radius 2 is 2.10 bits per heavy atom. The van der Waals surface area contributed by atoms with Crippen molar-refractivity contribution in [2.75, 3.05) is 0 Å². The number of benzene rings is 1. The summed E-state index contributed by atoms with van der Waals surface area (Å²) < 4.78 is 0. The zero-order valence-electron chi connectivity index (χ0n) is 11.4. The lowest BCUT2D eigenvalue weighted by molar-refractivity contribution is 0.895. The van der Waals surface area contributed by atoms with Crippen molar-refractivity contribution in [2.24, 2.45) is 0 Å². The molecule has 1 aliphatic carbocycles. The summed E-state index contributed by atoms with van der Waals surface area (Å²) in [7, 11) is 0. The summed E-state index contributed by atoms with van der Waals surface area (Å²) in [6.07, 6.45) is 3.33. The van der Waals surface area contributed by atoms with E-state index in [1.54, 1.807) is 11.8 Å². The van der Waals surface area contributed by atoms with Crippen molar-refractivity contribution in [3.05, 3.63) is 52.5 Å². The molecule has 0 saturated heterocycles. The second-order valence-corrected chi connectivity index (χ2v) is 5.88. The summed E-state index contributed by atoms with van der Waals surface area (Å²) >= 11 is 1.72. The maximum Gasteiger partial charge on any atom is 0.126 e. The molecule has 0 spiro atoms. The molecule has 3 rings (SSSR count). The van der Waals surface area contributed by atoms with Crippen LogP contribution in [-0.2, 0) is 18.6 Å². The smallest absolute Gasteiger partial charge is 0.126 e. The molecule has 0 atom stereocenters. The molecule has 2 aromatic rings. The third-order valence-electron chi connectivity index (χ3n) is 3.51. The third kappa shape index (κ3) is 2.54. The van der Waals surface area contributed by atoms with Crippen molar-refractivity contribution in [3.63, 3.8) is 0 Å². The average molecular weight is 281 g/mol. The fourth-order valence-corrected chi connectivity index (χ4v) is 3.67. The number of aromatic nitrogens is 2. The first kappa shape index (κ1) is 13.1. The maximum atomic E-state index is 9.13. The van der Waals surface area contributed by atoms with Gasteiger partial charge in [-0.15, -0.1) is 11.8 Å². The molecule has 0 N–H and O–H groups in total. The van der Waals surface area contributed by atoms with Crippen LogP contribution in [0.1, 0.15) is 34.6 Å². The maximum absolute atomic E-state index is 9.13. The Labute approximate surface area is 123 Å². The van der Waals surface area contributed by atoms with E-state index in [1.807, 2.05) is 31.2 Å². The van der Waals surface area contributed by atoms with Crippen LogP contribution >= 0.6 is 11.8 Å². The fraction of sp³-hybridized carbons (Fsp3) is 0.312. The van der Waals surface area contributed by atoms with Crippen molar-refractivity contribution >= 4 is 11.8 Å². The molecule has 0 aliphatic heterocycles. The van der Waals surface area contributed by atoms with Gasteiger partial charge in [-0.1, -0.05) is 18.2 Å². The van der Waals surface area contributed by atoms with E-state index in [-0.39, 0.29) is 0 Å². The SMILES string of the molecule is Cc1nc2c(c(SCc3ccccc3C#N)n1)CCC2. The van der Waals surface area contributed by atoms with Gasteiger partial charge in [0.2, 0.25) is 0 Å². The van der Waals surface area contributed by atoms with E-state index >= 15 is 0 Å². The molecule has 0 fully saturated rings. The van der Waals surface area contributed by atoms with Gasteiger partial charge in [-0.25, -0.2) is 9.97 Å². The van der Waals surface area contributed by atoms with Crippen LogP contribution in [-0.4, -0.2) is 9.97 Å². The Kier molecular flexibility index (Phi) is 3.70. The van der Waals surface area contributed by atoms with Gasteiger partial charge < -0.3 is 0 Å². The van der Waals surface area contributed by atoms with Gasteiger partial charge in [-0.2, -0.15) is 5.26 Å². The van der Waals surface area contributed by atoms with Crippen LogP contribution in [0.3, 0.4) is 0 Å². The normalized spacial score (nSPS) is 13.0. The first-order valence-corrected chi connectivity index (χ1v) is 7.73. The van der Waals surface area contributed by atoms with Gasteiger partial charge in [0.25, 0.3) is 0 Å². The summed E-state index contributed by atoms with van der Waals surface area (Å²) in [6.45, 7) is 1.95. The molecule has 1 heterocycles. The van der Waals surface area contributed by atoms with Crippen molar-refractivity contribution < 1.29 is 0 Å². The van der Waals surface area contributed by atoms with E-state index < -0.39 is 0 Å². The van der Waals surface area contributed by atoms with Crippen LogP contribution in [0.4, 0.5) is 0 Å². The molecule has 20 heavy (non-hydrogen) atoms. The van der Waals surface area contributed by atoms with E-state index in [2.05, 4.69) is 16.0 Å². The number of rotatable bonds is 3. The van der Waals surface area contributed by atoms with Gasteiger partial charge in [0, 0.05) is 17.0 Å². The highest BCUT2D eigenvalue weighted by Crippen LogP contribution is 2.31. The van der Waals surface area contributed by atoms with Gasteiger partial charge in [-0.05, 0) is 37.8 Å². The molecule has 4 heteroatoms. The zero-order valence-corrected chi connectivity index (χ0v) is 12.2. The van der Waals surface area contributed by atoms with E-state index in [9.17, 15) is 0 Å². The first-order valence-electron chi connectivity index (χ1n) is 6.75. The summed E-state index contributed by atoms with van der Waals surface area (Å²) in [6, 6.07) is 10.0. The van der Waals surface area contributed by atoms with Crippen LogP contribution in [0, 0.1) is 18.3 Å². The van der Waals surface area contributed by atoms with Gasteiger partial charge in [0.15, 0.2) is 0 Å². The van der Waals surface area contributed by atoms with Crippen LogP contribution in [0.15, 0.2) is 29.3 Å². The van der Waals surface area contributed by atoms with E-state index in [0.717, 1.165) is 40.6 Å². The van der Waals surface area contributed by atoms with Crippen LogP contribution in [0.2, 0.25) is 0 Å². The molecular weight excluding hydrogens is 266 g/mol. The van der Waals surface area contributed by atoms with Gasteiger partial charge >= 0.3 is 0 Å². The van der Waals surface area contributed by atoms with Crippen molar-refractivity contribution in [1.29, 1.82) is 5.26 Å². The van der Waals surface area contributed by atoms with Gasteiger partial charge in [0.05, 0.1) is 11.6 Å². The van der Waals surface area contributed by atoms with E-state index in [0.29, 0.717) is 0 Å². The fourth-order valence-electron chi connectivity index (χ4n) is 2.54. The van der Waals surface area contributed by atoms with Crippen LogP contribution < -0.4 is 0 Å². The molecule has 0 amide bonds. The molecule has 0 unspecified atom stereocenters. The van der Waals surface area contributed by atoms with E-state index in [4.69, 9.17) is 5.26 Å². The number of aryl methyl sites for hydroxylation is 2. The van der Waals surface area contributed by atoms with Crippen molar-refractivity contribution in [3.8, 4) is 6.07 Å². The van der Waals surface area contributed by atoms with Crippen molar-refractivity contribution in [2.45, 2.75) is 37.0 Å². The molecule has 3 nitrogen and oxygen atoms in total. The minimum atomic E-state index is 0.752. The number of nitriles is 1. The first-order chi connectivity index (χ1) is 9.78. The number of nitrogens with zero attached hydrogens (tertiary/aromatic N) is 3. The Bertz CT molecular complexity index is 689. The average Bonchev–Trinajstić information content (AvgIpc) is 2.93. The number of hydrogen-bond acceptors (Lipinski definition) is 4. The largest absolute Gasteiger partial charge is 0.238 e. The lowest BCUT2D eigenvalue weighted by atomic mass is 10.1. The molecule has 1 aromatic heterocycles. The molecule has 1 aliphatic rings. The topological polar surface area (TPSA) is 49.6 Å². The van der Waals surface area contributed by atoms with E-state index in [1.165, 1.54) is 17.7 Å².